The minimum Gasteiger partial charge on any atom is -0.457 e. The van der Waals surface area contributed by atoms with Crippen LogP contribution in [0.2, 0.25) is 0 Å². The number of imidazole rings is 1. The van der Waals surface area contributed by atoms with E-state index in [4.69, 9.17) is 4.74 Å². The minimum absolute atomic E-state index is 0.152. The molecule has 144 valence electrons. The van der Waals surface area contributed by atoms with Crippen LogP contribution in [0.5, 0.6) is 11.5 Å². The number of nitrogens with zero attached hydrogens (tertiary/aromatic N) is 2. The molecule has 0 aliphatic heterocycles. The maximum absolute atomic E-state index is 12.4. The summed E-state index contributed by atoms with van der Waals surface area (Å²) in [5.74, 6) is 1.20. The Morgan fingerprint density at radius 1 is 1.03 bits per heavy atom. The number of hydrogen-bond donors (Lipinski definition) is 2. The first-order chi connectivity index (χ1) is 14.1. The van der Waals surface area contributed by atoms with E-state index in [-0.39, 0.29) is 11.4 Å². The lowest BCUT2D eigenvalue weighted by Gasteiger charge is -2.07. The maximum atomic E-state index is 12.4. The van der Waals surface area contributed by atoms with Crippen molar-refractivity contribution in [2.45, 2.75) is 0 Å². The summed E-state index contributed by atoms with van der Waals surface area (Å²) in [7, 11) is 1.62. The van der Waals surface area contributed by atoms with Gasteiger partial charge < -0.3 is 19.6 Å². The molecule has 1 amide bonds. The number of carbonyl (C=O) groups is 1. The second-order valence-corrected chi connectivity index (χ2v) is 6.41. The number of para-hydroxylation sites is 1. The van der Waals surface area contributed by atoms with Crippen molar-refractivity contribution in [3.63, 3.8) is 0 Å². The van der Waals surface area contributed by atoms with E-state index in [0.717, 1.165) is 11.3 Å². The van der Waals surface area contributed by atoms with Gasteiger partial charge in [-0.1, -0.05) is 30.3 Å². The number of ether oxygens (including phenoxy) is 1. The highest BCUT2D eigenvalue weighted by Gasteiger charge is 2.12. The summed E-state index contributed by atoms with van der Waals surface area (Å²) in [5, 5.41) is 2.72. The van der Waals surface area contributed by atoms with Crippen molar-refractivity contribution in [3.8, 4) is 22.8 Å². The van der Waals surface area contributed by atoms with Gasteiger partial charge in [0.2, 0.25) is 5.56 Å². The standard InChI is InChI=1S/C22H18N4O3/c1-26-14-16(10-11-20(26)27)24-22(28)21-23-13-19(25-21)15-6-5-9-18(12-15)29-17-7-3-2-4-8-17/h2-14H,1H3,(H,23,25)(H,24,28). The molecule has 0 atom stereocenters. The molecule has 0 fully saturated rings. The Kier molecular flexibility index (Phi) is 4.94. The van der Waals surface area contributed by atoms with Gasteiger partial charge in [-0.05, 0) is 30.3 Å². The molecule has 4 rings (SSSR count). The summed E-state index contributed by atoms with van der Waals surface area (Å²) in [6.07, 6.45) is 3.14. The smallest absolute Gasteiger partial charge is 0.291 e. The molecule has 2 heterocycles. The van der Waals surface area contributed by atoms with Crippen LogP contribution in [0.25, 0.3) is 11.3 Å². The Bertz CT molecular complexity index is 1210. The summed E-state index contributed by atoms with van der Waals surface area (Å²) in [4.78, 5) is 31.1. The first-order valence-corrected chi connectivity index (χ1v) is 8.95. The van der Waals surface area contributed by atoms with Crippen molar-refractivity contribution < 1.29 is 9.53 Å². The number of pyridine rings is 1. The molecule has 29 heavy (non-hydrogen) atoms. The maximum Gasteiger partial charge on any atom is 0.291 e. The van der Waals surface area contributed by atoms with Gasteiger partial charge in [0.05, 0.1) is 17.6 Å². The molecule has 7 heteroatoms. The molecule has 2 N–H and O–H groups in total. The normalized spacial score (nSPS) is 10.5. The van der Waals surface area contributed by atoms with Crippen LogP contribution >= 0.6 is 0 Å². The van der Waals surface area contributed by atoms with Crippen molar-refractivity contribution >= 4 is 11.6 Å². The van der Waals surface area contributed by atoms with Crippen LogP contribution in [0, 0.1) is 0 Å². The molecule has 0 bridgehead atoms. The van der Waals surface area contributed by atoms with E-state index >= 15 is 0 Å². The Morgan fingerprint density at radius 2 is 1.83 bits per heavy atom. The van der Waals surface area contributed by atoms with Crippen LogP contribution in [0.4, 0.5) is 5.69 Å². The Labute approximate surface area is 166 Å². The van der Waals surface area contributed by atoms with Crippen LogP contribution < -0.4 is 15.6 Å². The van der Waals surface area contributed by atoms with Crippen molar-refractivity contribution in [1.82, 2.24) is 14.5 Å². The third-order valence-corrected chi connectivity index (χ3v) is 4.26. The number of aromatic nitrogens is 3. The average Bonchev–Trinajstić information content (AvgIpc) is 3.22. The molecule has 0 aliphatic rings. The third-order valence-electron chi connectivity index (χ3n) is 4.26. The molecule has 0 spiro atoms. The molecule has 0 saturated heterocycles. The van der Waals surface area contributed by atoms with Crippen LogP contribution in [0.15, 0.2) is 83.9 Å². The highest BCUT2D eigenvalue weighted by atomic mass is 16.5. The molecule has 0 radical (unpaired) electrons. The Morgan fingerprint density at radius 3 is 2.62 bits per heavy atom. The van der Waals surface area contributed by atoms with Crippen LogP contribution in [-0.4, -0.2) is 20.4 Å². The van der Waals surface area contributed by atoms with Crippen LogP contribution in [-0.2, 0) is 7.05 Å². The Balaban J connectivity index is 1.51. The monoisotopic (exact) mass is 386 g/mol. The summed E-state index contributed by atoms with van der Waals surface area (Å²) < 4.78 is 7.24. The van der Waals surface area contributed by atoms with E-state index < -0.39 is 5.91 Å². The lowest BCUT2D eigenvalue weighted by Crippen LogP contribution is -2.18. The van der Waals surface area contributed by atoms with Gasteiger partial charge in [0.1, 0.15) is 11.5 Å². The fraction of sp³-hybridized carbons (Fsp3) is 0.0455. The van der Waals surface area contributed by atoms with Crippen LogP contribution in [0.3, 0.4) is 0 Å². The number of nitrogens with one attached hydrogen (secondary N) is 2. The lowest BCUT2D eigenvalue weighted by atomic mass is 10.1. The zero-order valence-electron chi connectivity index (χ0n) is 15.6. The Hall–Kier alpha value is -4.13. The molecular formula is C22H18N4O3. The van der Waals surface area contributed by atoms with Gasteiger partial charge in [-0.2, -0.15) is 0 Å². The predicted molar refractivity (Wildman–Crippen MR) is 110 cm³/mol. The molecule has 2 aromatic carbocycles. The molecule has 0 unspecified atom stereocenters. The number of aryl methyl sites for hydroxylation is 1. The van der Waals surface area contributed by atoms with E-state index in [1.165, 1.54) is 10.6 Å². The minimum atomic E-state index is -0.397. The summed E-state index contributed by atoms with van der Waals surface area (Å²) >= 11 is 0. The third kappa shape index (κ3) is 4.24. The van der Waals surface area contributed by atoms with Crippen molar-refractivity contribution in [2.75, 3.05) is 5.32 Å². The second kappa shape index (κ2) is 7.85. The quantitative estimate of drug-likeness (QED) is 0.546. The van der Waals surface area contributed by atoms with Gasteiger partial charge in [0.25, 0.3) is 5.91 Å². The molecule has 2 aromatic heterocycles. The van der Waals surface area contributed by atoms with Crippen LogP contribution in [0.1, 0.15) is 10.6 Å². The molecule has 0 saturated carbocycles. The first-order valence-electron chi connectivity index (χ1n) is 8.95. The molecule has 7 nitrogen and oxygen atoms in total. The summed E-state index contributed by atoms with van der Waals surface area (Å²) in [6.45, 7) is 0. The van der Waals surface area contributed by atoms with Gasteiger partial charge in [0, 0.05) is 24.9 Å². The van der Waals surface area contributed by atoms with Gasteiger partial charge in [-0.3, -0.25) is 9.59 Å². The van der Waals surface area contributed by atoms with E-state index in [1.807, 2.05) is 54.6 Å². The number of benzene rings is 2. The number of H-pyrrole nitrogens is 1. The number of aromatic amines is 1. The topological polar surface area (TPSA) is 89.0 Å². The average molecular weight is 386 g/mol. The first kappa shape index (κ1) is 18.2. The van der Waals surface area contributed by atoms with E-state index in [0.29, 0.717) is 17.1 Å². The number of carbonyl (C=O) groups excluding carboxylic acids is 1. The van der Waals surface area contributed by atoms with Crippen molar-refractivity contribution in [2.24, 2.45) is 7.05 Å². The summed E-state index contributed by atoms with van der Waals surface area (Å²) in [5.41, 5.74) is 1.88. The predicted octanol–water partition coefficient (Wildman–Crippen LogP) is 3.82. The zero-order chi connectivity index (χ0) is 20.2. The fourth-order valence-electron chi connectivity index (χ4n) is 2.79. The van der Waals surface area contributed by atoms with Gasteiger partial charge in [-0.25, -0.2) is 4.98 Å². The van der Waals surface area contributed by atoms with Crippen molar-refractivity contribution in [1.29, 1.82) is 0 Å². The van der Waals surface area contributed by atoms with Gasteiger partial charge in [0.15, 0.2) is 5.82 Å². The number of amides is 1. The van der Waals surface area contributed by atoms with E-state index in [1.54, 1.807) is 25.5 Å². The van der Waals surface area contributed by atoms with Gasteiger partial charge in [-0.15, -0.1) is 0 Å². The van der Waals surface area contributed by atoms with E-state index in [9.17, 15) is 9.59 Å². The molecule has 4 aromatic rings. The SMILES string of the molecule is Cn1cc(NC(=O)c2ncc(-c3cccc(Oc4ccccc4)c3)[nH]2)ccc1=O. The van der Waals surface area contributed by atoms with Crippen molar-refractivity contribution in [3.05, 3.63) is 95.3 Å². The number of hydrogen-bond acceptors (Lipinski definition) is 4. The molecular weight excluding hydrogens is 368 g/mol. The fourth-order valence-corrected chi connectivity index (χ4v) is 2.79. The zero-order valence-corrected chi connectivity index (χ0v) is 15.6. The molecule has 0 aliphatic carbocycles. The lowest BCUT2D eigenvalue weighted by molar-refractivity contribution is 0.101. The largest absolute Gasteiger partial charge is 0.457 e. The summed E-state index contributed by atoms with van der Waals surface area (Å²) in [6, 6.07) is 19.9. The number of anilines is 1. The highest BCUT2D eigenvalue weighted by Crippen LogP contribution is 2.26. The van der Waals surface area contributed by atoms with Gasteiger partial charge >= 0.3 is 0 Å². The second-order valence-electron chi connectivity index (χ2n) is 6.41. The van der Waals surface area contributed by atoms with E-state index in [2.05, 4.69) is 15.3 Å². The number of rotatable bonds is 5. The highest BCUT2D eigenvalue weighted by molar-refractivity contribution is 6.01.